The van der Waals surface area contributed by atoms with Crippen molar-refractivity contribution in [2.24, 2.45) is 44.1 Å². The Labute approximate surface area is 700 Å². The van der Waals surface area contributed by atoms with Crippen molar-refractivity contribution in [3.63, 3.8) is 0 Å². The molecule has 6 aliphatic rings. The van der Waals surface area contributed by atoms with Gasteiger partial charge in [0.2, 0.25) is 0 Å². The minimum Gasteiger partial charge on any atom is -0.495 e. The molecule has 121 heavy (non-hydrogen) atoms. The molecule has 6 aliphatic heterocycles. The van der Waals surface area contributed by atoms with E-state index in [-0.39, 0.29) is 74.6 Å². The Morgan fingerprint density at radius 1 is 0.413 bits per heavy atom. The summed E-state index contributed by atoms with van der Waals surface area (Å²) in [5.41, 5.74) is 38.8. The Morgan fingerprint density at radius 2 is 0.760 bits per heavy atom. The normalized spacial score (nSPS) is 27.7. The molecule has 0 radical (unpaired) electrons. The maximum atomic E-state index is 12.4. The number of carbonyl (C=O) groups is 3. The fourth-order valence-corrected chi connectivity index (χ4v) is 13.3. The minimum atomic E-state index is -3.93. The molecule has 2 fully saturated rings. The lowest BCUT2D eigenvalue weighted by Gasteiger charge is -2.40. The van der Waals surface area contributed by atoms with E-state index in [1.165, 1.54) is 24.7 Å². The zero-order valence-corrected chi connectivity index (χ0v) is 68.1. The average molecular weight is 1700 g/mol. The molecular formula is C84H102N12O24S. The third-order valence-electron chi connectivity index (χ3n) is 19.4. The number of esters is 3. The Bertz CT molecular complexity index is 4450. The highest BCUT2D eigenvalue weighted by Gasteiger charge is 2.44. The van der Waals surface area contributed by atoms with E-state index in [1.807, 2.05) is 137 Å². The molecule has 0 spiro atoms. The van der Waals surface area contributed by atoms with Crippen LogP contribution in [0, 0.1) is 23.7 Å². The molecule has 2 saturated heterocycles. The number of hydrogen-bond acceptors (Lipinski definition) is 28. The summed E-state index contributed by atoms with van der Waals surface area (Å²) in [4.78, 5) is 47.8. The van der Waals surface area contributed by atoms with Crippen LogP contribution in [-0.4, -0.2) is 213 Å². The third-order valence-corrected chi connectivity index (χ3v) is 20.0. The van der Waals surface area contributed by atoms with Gasteiger partial charge in [-0.3, -0.25) is 4.18 Å². The molecule has 6 N–H and O–H groups in total. The van der Waals surface area contributed by atoms with Crippen LogP contribution in [0.25, 0.3) is 41.8 Å². The summed E-state index contributed by atoms with van der Waals surface area (Å²) in [6.07, 6.45) is 2.16. The van der Waals surface area contributed by atoms with Crippen molar-refractivity contribution < 1.29 is 114 Å². The van der Waals surface area contributed by atoms with Crippen LogP contribution in [0.3, 0.4) is 0 Å². The number of azide groups is 4. The number of nitrogens with zero attached hydrogens (tertiary/aromatic N) is 12. The molecule has 0 saturated carbocycles. The number of aliphatic hydroxyl groups excluding tert-OH is 6. The molecule has 6 aromatic rings. The highest BCUT2D eigenvalue weighted by molar-refractivity contribution is 7.86. The van der Waals surface area contributed by atoms with Crippen molar-refractivity contribution in [3.8, 4) is 0 Å². The van der Waals surface area contributed by atoms with Gasteiger partial charge >= 0.3 is 17.9 Å². The number of benzene rings is 6. The molecule has 0 aliphatic carbocycles. The summed E-state index contributed by atoms with van der Waals surface area (Å²) >= 11 is 0. The third kappa shape index (κ3) is 32.3. The molecule has 0 amide bonds. The molecule has 648 valence electrons. The summed E-state index contributed by atoms with van der Waals surface area (Å²) in [5, 5.41) is 70.9. The highest BCUT2D eigenvalue weighted by atomic mass is 32.2. The van der Waals surface area contributed by atoms with Gasteiger partial charge < -0.3 is 87.5 Å². The molecule has 36 nitrogen and oxygen atoms in total. The van der Waals surface area contributed by atoms with E-state index in [1.54, 1.807) is 104 Å². The van der Waals surface area contributed by atoms with Gasteiger partial charge in [-0.1, -0.05) is 194 Å². The number of aliphatic hydroxyl groups is 6. The second-order valence-corrected chi connectivity index (χ2v) is 29.9. The van der Waals surface area contributed by atoms with Crippen LogP contribution in [0.2, 0.25) is 0 Å². The Balaban J connectivity index is 0.000000204. The topological polar surface area (TPSA) is 522 Å². The van der Waals surface area contributed by atoms with E-state index in [0.29, 0.717) is 49.7 Å². The zero-order valence-electron chi connectivity index (χ0n) is 67.3. The molecule has 22 atom stereocenters. The molecule has 10 unspecified atom stereocenters. The van der Waals surface area contributed by atoms with Crippen LogP contribution in [0.1, 0.15) is 82.4 Å². The molecule has 37 heteroatoms. The first-order valence-corrected chi connectivity index (χ1v) is 40.4. The molecule has 6 aromatic carbocycles. The Kier molecular flexibility index (Phi) is 41.5. The van der Waals surface area contributed by atoms with E-state index in [2.05, 4.69) is 40.1 Å². The van der Waals surface area contributed by atoms with E-state index in [9.17, 15) is 38.1 Å². The van der Waals surface area contributed by atoms with Gasteiger partial charge in [-0.15, -0.1) is 0 Å². The van der Waals surface area contributed by atoms with E-state index >= 15 is 0 Å². The van der Waals surface area contributed by atoms with Gasteiger partial charge in [0, 0.05) is 19.6 Å². The Hall–Kier alpha value is -11.4. The molecule has 6 heterocycles. The van der Waals surface area contributed by atoms with Crippen LogP contribution in [0.5, 0.6) is 0 Å². The first kappa shape index (κ1) is 96.7. The fourth-order valence-electron chi connectivity index (χ4n) is 12.6. The van der Waals surface area contributed by atoms with Crippen molar-refractivity contribution in [2.75, 3.05) is 45.9 Å². The van der Waals surface area contributed by atoms with Crippen LogP contribution in [0.15, 0.2) is 252 Å². The quantitative estimate of drug-likeness (QED) is 0.00696. The molecule has 0 bridgehead atoms. The Morgan fingerprint density at radius 3 is 1.17 bits per heavy atom. The average Bonchev–Trinajstić information content (AvgIpc) is 0.829. The standard InChI is InChI=1S/C21H20O8S.C15H21N3O3.C14H19N3O4.C14H15N3O3.C14H17N3O2.C6H10O4/c1-30(24,25)29-19-17(28-21(23)16-10-6-3-7-11-16)12-13-26-18(19)14-27-20(22)15-8-4-2-5-9-15;1-10-14(17-18-16)13(21-11(2)15(10)19)9-20-8-12-6-4-3-5-7-12;1-9-12(16-17-15)11(21-14(19)13(9)18)8-20-7-10-5-3-2-4-6-10;1-10-7-8-19-12(13(10)16-17-15)9-20-14(18)11-5-3-2-4-6-11;1-11-7-8-19-13(14(11)16-17-15)10-18-9-12-5-3-2-4-6-12;7-3-5-6(9)4(8)1-2-10-5/h2-13,17-19H,14H2,1H3;3-7,10-11,13-15,19H,8-9H2,1-2H3;2-6,9,11-14,18-19H,7-8H2,1H3;2-8,10,12-13H,9H2,1H3;2-8,11,13-14H,9-10H2,1H3;1-2,4-9H,3H2/t17?,18-,19+;10?,11-,13?,14+,15?;9?,11?,12-,13?,14-;10?,12-,13-;11?,13-,14-;4?,5-,6+/m101111/s1. The first-order chi connectivity index (χ1) is 58.4. The predicted octanol–water partition coefficient (Wildman–Crippen LogP) is 11.7. The SMILES string of the molecule is CC1C(O)[C@H](C)OC(COCc2ccccc2)[C@@H]1N=[N+]=[N-].CC1C(O)[C@H](O)OC(COCc2ccccc2)[C@@H]1N=[N+]=[N-].CC1C=CO[C@H](COC(=O)c2ccccc2)[C@@H]1N=[N+]=[N-].CC1C=CO[C@H](COCc2ccccc2)[C@@H]1N=[N+]=[N-].CS(=O)(=O)O[C@H]1C(OC(=O)c2ccccc2)C=CO[C@@H]1COC(=O)c1ccccc1.OC[C@H]1OC=CC(O)[C@@H]1O. The number of ether oxygens (including phenoxy) is 12. The van der Waals surface area contributed by atoms with Crippen molar-refractivity contribution >= 4 is 28.0 Å². The van der Waals surface area contributed by atoms with Crippen molar-refractivity contribution in [3.05, 3.63) is 306 Å². The highest BCUT2D eigenvalue weighted by Crippen LogP contribution is 2.32. The number of carbonyl (C=O) groups excluding carboxylic acids is 3. The summed E-state index contributed by atoms with van der Waals surface area (Å²) < 4.78 is 93.4. The number of rotatable bonds is 27. The van der Waals surface area contributed by atoms with E-state index in [0.717, 1.165) is 22.9 Å². The van der Waals surface area contributed by atoms with Crippen LogP contribution in [-0.2, 0) is 91.0 Å². The van der Waals surface area contributed by atoms with Crippen LogP contribution < -0.4 is 0 Å². The second-order valence-electron chi connectivity index (χ2n) is 28.3. The lowest BCUT2D eigenvalue weighted by molar-refractivity contribution is -0.246. The van der Waals surface area contributed by atoms with Gasteiger partial charge in [0.1, 0.15) is 49.8 Å². The molecular weight excluding hydrogens is 1590 g/mol. The maximum Gasteiger partial charge on any atom is 0.338 e. The summed E-state index contributed by atoms with van der Waals surface area (Å²) in [6.45, 7) is 11.1. The van der Waals surface area contributed by atoms with E-state index in [4.69, 9.17) is 98.5 Å². The van der Waals surface area contributed by atoms with Gasteiger partial charge in [0.15, 0.2) is 24.6 Å². The second kappa shape index (κ2) is 51.9. The lowest BCUT2D eigenvalue weighted by Crippen LogP contribution is -2.53. The van der Waals surface area contributed by atoms with Gasteiger partial charge in [-0.25, -0.2) is 14.4 Å². The summed E-state index contributed by atoms with van der Waals surface area (Å²) in [6, 6.07) is 53.1. The monoisotopic (exact) mass is 1690 g/mol. The summed E-state index contributed by atoms with van der Waals surface area (Å²) in [5.74, 6) is -2.05. The van der Waals surface area contributed by atoms with Gasteiger partial charge in [0.25, 0.3) is 10.1 Å². The van der Waals surface area contributed by atoms with Crippen molar-refractivity contribution in [1.29, 1.82) is 0 Å². The number of hydrogen-bond donors (Lipinski definition) is 6. The van der Waals surface area contributed by atoms with Crippen LogP contribution >= 0.6 is 0 Å². The van der Waals surface area contributed by atoms with Gasteiger partial charge in [0.05, 0.1) is 143 Å². The molecule has 0 aromatic heterocycles. The fraction of sp³-hybridized carbons (Fsp3) is 0.440. The zero-order chi connectivity index (χ0) is 87.5. The van der Waals surface area contributed by atoms with Gasteiger partial charge in [-0.2, -0.15) is 8.42 Å². The minimum absolute atomic E-state index is 0.0417. The predicted molar refractivity (Wildman–Crippen MR) is 438 cm³/mol. The molecule has 12 rings (SSSR count). The lowest BCUT2D eigenvalue weighted by atomic mass is 9.86. The summed E-state index contributed by atoms with van der Waals surface area (Å²) in [7, 11) is -3.93. The van der Waals surface area contributed by atoms with Crippen LogP contribution in [0.4, 0.5) is 0 Å². The smallest absolute Gasteiger partial charge is 0.338 e. The van der Waals surface area contributed by atoms with Gasteiger partial charge in [-0.05, 0) is 130 Å². The van der Waals surface area contributed by atoms with E-state index < -0.39 is 113 Å². The first-order valence-electron chi connectivity index (χ1n) is 38.6. The maximum absolute atomic E-state index is 12.4. The van der Waals surface area contributed by atoms with Crippen molar-refractivity contribution in [2.45, 2.75) is 164 Å². The largest absolute Gasteiger partial charge is 0.495 e. The van der Waals surface area contributed by atoms with Crippen molar-refractivity contribution in [1.82, 2.24) is 0 Å².